The van der Waals surface area contributed by atoms with E-state index < -0.39 is 6.10 Å². The predicted octanol–water partition coefficient (Wildman–Crippen LogP) is 3.99. The normalized spacial score (nSPS) is 12.7. The SMILES string of the molecule is CC(C)n1ncc(Br)c1C(O)COc1cccc(Cl)c1. The molecule has 0 aliphatic heterocycles. The first-order valence-corrected chi connectivity index (χ1v) is 7.45. The van der Waals surface area contributed by atoms with Crippen LogP contribution < -0.4 is 4.74 Å². The topological polar surface area (TPSA) is 47.3 Å². The molecule has 0 aliphatic carbocycles. The number of rotatable bonds is 5. The summed E-state index contributed by atoms with van der Waals surface area (Å²) < 4.78 is 8.11. The Morgan fingerprint density at radius 2 is 2.20 bits per heavy atom. The maximum Gasteiger partial charge on any atom is 0.131 e. The van der Waals surface area contributed by atoms with E-state index in [2.05, 4.69) is 21.0 Å². The van der Waals surface area contributed by atoms with Gasteiger partial charge in [0, 0.05) is 11.1 Å². The van der Waals surface area contributed by atoms with Crippen LogP contribution in [0.3, 0.4) is 0 Å². The van der Waals surface area contributed by atoms with Gasteiger partial charge in [-0.05, 0) is 48.0 Å². The van der Waals surface area contributed by atoms with Gasteiger partial charge in [0.2, 0.25) is 0 Å². The van der Waals surface area contributed by atoms with Crippen LogP contribution in [-0.2, 0) is 0 Å². The van der Waals surface area contributed by atoms with Crippen molar-refractivity contribution < 1.29 is 9.84 Å². The zero-order chi connectivity index (χ0) is 14.7. The van der Waals surface area contributed by atoms with Crippen molar-refractivity contribution in [2.24, 2.45) is 0 Å². The van der Waals surface area contributed by atoms with Crippen molar-refractivity contribution in [1.82, 2.24) is 9.78 Å². The molecule has 0 spiro atoms. The van der Waals surface area contributed by atoms with Gasteiger partial charge in [-0.2, -0.15) is 5.10 Å². The molecule has 20 heavy (non-hydrogen) atoms. The number of hydrogen-bond acceptors (Lipinski definition) is 3. The smallest absolute Gasteiger partial charge is 0.131 e. The number of aliphatic hydroxyl groups excluding tert-OH is 1. The van der Waals surface area contributed by atoms with Crippen LogP contribution in [0.15, 0.2) is 34.9 Å². The van der Waals surface area contributed by atoms with Crippen LogP contribution in [0, 0.1) is 0 Å². The number of nitrogens with zero attached hydrogens (tertiary/aromatic N) is 2. The van der Waals surface area contributed by atoms with E-state index >= 15 is 0 Å². The fourth-order valence-corrected chi connectivity index (χ4v) is 2.60. The second-order valence-corrected chi connectivity index (χ2v) is 5.99. The molecule has 6 heteroatoms. The molecule has 1 N–H and O–H groups in total. The van der Waals surface area contributed by atoms with E-state index in [1.165, 1.54) is 0 Å². The highest BCUT2D eigenvalue weighted by atomic mass is 79.9. The maximum absolute atomic E-state index is 10.3. The van der Waals surface area contributed by atoms with Gasteiger partial charge in [-0.3, -0.25) is 4.68 Å². The summed E-state index contributed by atoms with van der Waals surface area (Å²) in [6, 6.07) is 7.25. The Morgan fingerprint density at radius 1 is 1.45 bits per heavy atom. The molecular weight excluding hydrogens is 344 g/mol. The first-order valence-electron chi connectivity index (χ1n) is 6.28. The van der Waals surface area contributed by atoms with Crippen LogP contribution in [0.5, 0.6) is 5.75 Å². The number of benzene rings is 1. The molecule has 2 rings (SSSR count). The van der Waals surface area contributed by atoms with E-state index in [-0.39, 0.29) is 12.6 Å². The minimum atomic E-state index is -0.770. The van der Waals surface area contributed by atoms with Gasteiger partial charge in [0.05, 0.1) is 16.4 Å². The van der Waals surface area contributed by atoms with E-state index in [9.17, 15) is 5.11 Å². The second kappa shape index (κ2) is 6.61. The van der Waals surface area contributed by atoms with Crippen LogP contribution in [0.25, 0.3) is 0 Å². The molecule has 0 fully saturated rings. The lowest BCUT2D eigenvalue weighted by molar-refractivity contribution is 0.0983. The molecule has 0 saturated heterocycles. The molecule has 4 nitrogen and oxygen atoms in total. The highest BCUT2D eigenvalue weighted by molar-refractivity contribution is 9.10. The third-order valence-electron chi connectivity index (χ3n) is 2.80. The van der Waals surface area contributed by atoms with Crippen molar-refractivity contribution in [3.63, 3.8) is 0 Å². The van der Waals surface area contributed by atoms with Crippen molar-refractivity contribution in [3.05, 3.63) is 45.7 Å². The third kappa shape index (κ3) is 3.53. The minimum Gasteiger partial charge on any atom is -0.490 e. The molecule has 1 unspecified atom stereocenters. The summed E-state index contributed by atoms with van der Waals surface area (Å²) in [6.07, 6.45) is 0.908. The summed E-state index contributed by atoms with van der Waals surface area (Å²) in [6.45, 7) is 4.15. The molecule has 0 aliphatic rings. The lowest BCUT2D eigenvalue weighted by Crippen LogP contribution is -2.17. The van der Waals surface area contributed by atoms with Crippen molar-refractivity contribution in [1.29, 1.82) is 0 Å². The number of aromatic nitrogens is 2. The van der Waals surface area contributed by atoms with Gasteiger partial charge in [0.1, 0.15) is 18.5 Å². The van der Waals surface area contributed by atoms with Gasteiger partial charge in [-0.25, -0.2) is 0 Å². The van der Waals surface area contributed by atoms with Gasteiger partial charge in [0.25, 0.3) is 0 Å². The molecule has 1 heterocycles. The molecule has 108 valence electrons. The van der Waals surface area contributed by atoms with Crippen molar-refractivity contribution in [2.75, 3.05) is 6.61 Å². The average Bonchev–Trinajstić information content (AvgIpc) is 2.78. The molecule has 2 aromatic rings. The van der Waals surface area contributed by atoms with Crippen LogP contribution in [0.2, 0.25) is 5.02 Å². The lowest BCUT2D eigenvalue weighted by Gasteiger charge is -2.17. The van der Waals surface area contributed by atoms with Crippen LogP contribution in [0.1, 0.15) is 31.7 Å². The first kappa shape index (κ1) is 15.4. The van der Waals surface area contributed by atoms with Gasteiger partial charge in [-0.1, -0.05) is 17.7 Å². The van der Waals surface area contributed by atoms with Gasteiger partial charge < -0.3 is 9.84 Å². The van der Waals surface area contributed by atoms with E-state index in [1.807, 2.05) is 13.8 Å². The predicted molar refractivity (Wildman–Crippen MR) is 82.2 cm³/mol. The fourth-order valence-electron chi connectivity index (χ4n) is 1.88. The highest BCUT2D eigenvalue weighted by Gasteiger charge is 2.20. The first-order chi connectivity index (χ1) is 9.49. The van der Waals surface area contributed by atoms with E-state index in [0.29, 0.717) is 16.5 Å². The molecule has 0 radical (unpaired) electrons. The molecule has 1 atom stereocenters. The van der Waals surface area contributed by atoms with Crippen LogP contribution in [-0.4, -0.2) is 21.5 Å². The maximum atomic E-state index is 10.3. The molecule has 0 bridgehead atoms. The van der Waals surface area contributed by atoms with E-state index in [4.69, 9.17) is 16.3 Å². The monoisotopic (exact) mass is 358 g/mol. The zero-order valence-corrected chi connectivity index (χ0v) is 13.6. The standard InChI is InChI=1S/C14H16BrClN2O2/c1-9(2)18-14(12(15)7-17-18)13(19)8-20-11-5-3-4-10(16)6-11/h3-7,9,13,19H,8H2,1-2H3. The highest BCUT2D eigenvalue weighted by Crippen LogP contribution is 2.27. The second-order valence-electron chi connectivity index (χ2n) is 4.70. The fraction of sp³-hybridized carbons (Fsp3) is 0.357. The van der Waals surface area contributed by atoms with E-state index in [1.54, 1.807) is 35.1 Å². The quantitative estimate of drug-likeness (QED) is 0.878. The molecule has 1 aromatic carbocycles. The van der Waals surface area contributed by atoms with Crippen LogP contribution >= 0.6 is 27.5 Å². The van der Waals surface area contributed by atoms with Crippen molar-refractivity contribution in [2.45, 2.75) is 26.0 Å². The Balaban J connectivity index is 2.09. The zero-order valence-electron chi connectivity index (χ0n) is 11.3. The summed E-state index contributed by atoms with van der Waals surface area (Å²) in [5, 5.41) is 15.1. The third-order valence-corrected chi connectivity index (χ3v) is 3.64. The van der Waals surface area contributed by atoms with Crippen molar-refractivity contribution in [3.8, 4) is 5.75 Å². The summed E-state index contributed by atoms with van der Waals surface area (Å²) in [4.78, 5) is 0. The average molecular weight is 360 g/mol. The summed E-state index contributed by atoms with van der Waals surface area (Å²) >= 11 is 9.29. The van der Waals surface area contributed by atoms with Gasteiger partial charge in [0.15, 0.2) is 0 Å². The Morgan fingerprint density at radius 3 is 2.85 bits per heavy atom. The van der Waals surface area contributed by atoms with E-state index in [0.717, 1.165) is 4.47 Å². The molecule has 0 amide bonds. The molecule has 0 saturated carbocycles. The number of aliphatic hydroxyl groups is 1. The minimum absolute atomic E-state index is 0.136. The van der Waals surface area contributed by atoms with Crippen LogP contribution in [0.4, 0.5) is 0 Å². The van der Waals surface area contributed by atoms with Gasteiger partial charge in [-0.15, -0.1) is 0 Å². The molecule has 1 aromatic heterocycles. The van der Waals surface area contributed by atoms with Gasteiger partial charge >= 0.3 is 0 Å². The number of hydrogen-bond donors (Lipinski definition) is 1. The Hall–Kier alpha value is -1.04. The largest absolute Gasteiger partial charge is 0.490 e. The summed E-state index contributed by atoms with van der Waals surface area (Å²) in [7, 11) is 0. The molecular formula is C14H16BrClN2O2. The number of ether oxygens (including phenoxy) is 1. The Kier molecular flexibility index (Phi) is 5.07. The lowest BCUT2D eigenvalue weighted by atomic mass is 10.2. The summed E-state index contributed by atoms with van der Waals surface area (Å²) in [5.41, 5.74) is 0.710. The Bertz CT molecular complexity index is 586. The Labute approximate surface area is 131 Å². The number of halogens is 2. The summed E-state index contributed by atoms with van der Waals surface area (Å²) in [5.74, 6) is 0.628. The van der Waals surface area contributed by atoms with Crippen molar-refractivity contribution >= 4 is 27.5 Å².